The van der Waals surface area contributed by atoms with Gasteiger partial charge in [-0.2, -0.15) is 0 Å². The molecule has 3 fully saturated rings. The first-order valence-electron chi connectivity index (χ1n) is 10.8. The summed E-state index contributed by atoms with van der Waals surface area (Å²) in [5.41, 5.74) is -0.812. The summed E-state index contributed by atoms with van der Waals surface area (Å²) < 4.78 is 16.1. The molecule has 172 valence electrons. The number of aliphatic hydroxyl groups is 1. The van der Waals surface area contributed by atoms with Crippen molar-refractivity contribution in [3.05, 3.63) is 29.8 Å². The molecule has 3 aliphatic carbocycles. The number of benzene rings is 1. The maximum Gasteiger partial charge on any atom is 0.408 e. The molecule has 8 nitrogen and oxygen atoms in total. The Hall–Kier alpha value is -2.32. The highest BCUT2D eigenvalue weighted by atomic mass is 16.6. The molecule has 2 amide bonds. The maximum absolute atomic E-state index is 12.6. The summed E-state index contributed by atoms with van der Waals surface area (Å²) in [5.74, 6) is 0.383. The Morgan fingerprint density at radius 3 is 2.48 bits per heavy atom. The summed E-state index contributed by atoms with van der Waals surface area (Å²) in [5, 5.41) is 16.8. The van der Waals surface area contributed by atoms with Gasteiger partial charge in [0.25, 0.3) is 5.91 Å². The van der Waals surface area contributed by atoms with E-state index in [4.69, 9.17) is 14.2 Å². The molecule has 2 bridgehead atoms. The molecule has 0 aliphatic heterocycles. The fourth-order valence-electron chi connectivity index (χ4n) is 4.54. The van der Waals surface area contributed by atoms with Crippen molar-refractivity contribution in [1.29, 1.82) is 0 Å². The van der Waals surface area contributed by atoms with Gasteiger partial charge in [0, 0.05) is 12.6 Å². The molecule has 4 rings (SSSR count). The highest BCUT2D eigenvalue weighted by molar-refractivity contribution is 5.78. The lowest BCUT2D eigenvalue weighted by Crippen LogP contribution is -2.70. The maximum atomic E-state index is 12.6. The Morgan fingerprint density at radius 2 is 1.87 bits per heavy atom. The van der Waals surface area contributed by atoms with Crippen LogP contribution in [0.2, 0.25) is 0 Å². The summed E-state index contributed by atoms with van der Waals surface area (Å²) in [7, 11) is 1.63. The van der Waals surface area contributed by atoms with Crippen molar-refractivity contribution < 1.29 is 28.9 Å². The molecular weight excluding hydrogens is 400 g/mol. The molecular formula is C23H34N2O6. The van der Waals surface area contributed by atoms with E-state index in [1.54, 1.807) is 33.9 Å². The second kappa shape index (κ2) is 9.04. The van der Waals surface area contributed by atoms with Crippen molar-refractivity contribution in [2.45, 2.75) is 82.3 Å². The third-order valence-corrected chi connectivity index (χ3v) is 6.06. The predicted octanol–water partition coefficient (Wildman–Crippen LogP) is 2.67. The van der Waals surface area contributed by atoms with E-state index < -0.39 is 28.9 Å². The van der Waals surface area contributed by atoms with Gasteiger partial charge in [-0.05, 0) is 70.6 Å². The van der Waals surface area contributed by atoms with Crippen LogP contribution in [-0.2, 0) is 20.9 Å². The van der Waals surface area contributed by atoms with Gasteiger partial charge in [-0.25, -0.2) is 4.79 Å². The molecule has 0 radical (unpaired) electrons. The van der Waals surface area contributed by atoms with Crippen molar-refractivity contribution in [2.24, 2.45) is 0 Å². The summed E-state index contributed by atoms with van der Waals surface area (Å²) in [6.07, 6.45) is 1.62. The Labute approximate surface area is 183 Å². The monoisotopic (exact) mass is 434 g/mol. The minimum absolute atomic E-state index is 0.102. The third kappa shape index (κ3) is 5.89. The largest absolute Gasteiger partial charge is 0.484 e. The second-order valence-electron chi connectivity index (χ2n) is 9.70. The fourth-order valence-corrected chi connectivity index (χ4v) is 4.54. The molecule has 0 spiro atoms. The lowest BCUT2D eigenvalue weighted by atomic mass is 9.60. The minimum Gasteiger partial charge on any atom is -0.484 e. The average Bonchev–Trinajstić information content (AvgIpc) is 2.67. The van der Waals surface area contributed by atoms with Gasteiger partial charge in [-0.1, -0.05) is 12.1 Å². The first-order valence-corrected chi connectivity index (χ1v) is 10.8. The molecule has 31 heavy (non-hydrogen) atoms. The van der Waals surface area contributed by atoms with Crippen molar-refractivity contribution in [3.63, 3.8) is 0 Å². The van der Waals surface area contributed by atoms with E-state index in [1.807, 2.05) is 18.2 Å². The van der Waals surface area contributed by atoms with Crippen molar-refractivity contribution in [3.8, 4) is 5.75 Å². The van der Waals surface area contributed by atoms with Crippen LogP contribution in [0.4, 0.5) is 4.79 Å². The van der Waals surface area contributed by atoms with Gasteiger partial charge in [0.2, 0.25) is 0 Å². The normalized spacial score (nSPS) is 27.5. The molecule has 0 saturated heterocycles. The number of alkyl carbamates (subject to hydrolysis) is 1. The molecule has 1 aromatic carbocycles. The van der Waals surface area contributed by atoms with E-state index >= 15 is 0 Å². The molecule has 3 aliphatic rings. The van der Waals surface area contributed by atoms with Gasteiger partial charge in [0.05, 0.1) is 18.2 Å². The van der Waals surface area contributed by atoms with Gasteiger partial charge in [0.1, 0.15) is 11.4 Å². The molecule has 8 heteroatoms. The Balaban J connectivity index is 1.53. The summed E-state index contributed by atoms with van der Waals surface area (Å²) >= 11 is 0. The van der Waals surface area contributed by atoms with Gasteiger partial charge in [-0.3, -0.25) is 4.79 Å². The predicted molar refractivity (Wildman–Crippen MR) is 115 cm³/mol. The smallest absolute Gasteiger partial charge is 0.408 e. The van der Waals surface area contributed by atoms with Crippen molar-refractivity contribution >= 4 is 12.0 Å². The topological polar surface area (TPSA) is 106 Å². The fraction of sp³-hybridized carbons (Fsp3) is 0.652. The number of carbonyl (C=O) groups excluding carboxylic acids is 2. The molecule has 1 aromatic rings. The first-order chi connectivity index (χ1) is 14.5. The van der Waals surface area contributed by atoms with E-state index in [-0.39, 0.29) is 12.5 Å². The molecule has 3 N–H and O–H groups in total. The highest BCUT2D eigenvalue weighted by Crippen LogP contribution is 2.47. The van der Waals surface area contributed by atoms with E-state index in [0.717, 1.165) is 5.56 Å². The number of amides is 2. The lowest BCUT2D eigenvalue weighted by Gasteiger charge is -2.56. The molecule has 3 saturated carbocycles. The van der Waals surface area contributed by atoms with Crippen LogP contribution in [0.15, 0.2) is 24.3 Å². The Kier molecular flexibility index (Phi) is 6.81. The number of hydrogen-bond acceptors (Lipinski definition) is 6. The van der Waals surface area contributed by atoms with E-state index in [0.29, 0.717) is 44.5 Å². The lowest BCUT2D eigenvalue weighted by molar-refractivity contribution is -0.129. The molecule has 0 unspecified atom stereocenters. The van der Waals surface area contributed by atoms with Crippen molar-refractivity contribution in [1.82, 2.24) is 10.6 Å². The first kappa shape index (κ1) is 23.3. The average molecular weight is 435 g/mol. The van der Waals surface area contributed by atoms with Crippen LogP contribution in [0.3, 0.4) is 0 Å². The molecule has 1 atom stereocenters. The number of methoxy groups -OCH3 is 1. The van der Waals surface area contributed by atoms with Gasteiger partial charge in [-0.15, -0.1) is 0 Å². The number of hydrogen-bond donors (Lipinski definition) is 3. The standard InChI is InChI=1S/C23H34N2O6/c1-21(2,3)31-20(28)25-23-10-8-22(9-11-23,13-18(23)26)24-19(27)15-30-17-7-5-6-16(12-17)14-29-4/h5-7,12,18,26H,8-11,13-15H2,1-4H3,(H,24,27)(H,25,28)/t18-,22?,23?/m1/s1. The molecule has 0 heterocycles. The van der Waals surface area contributed by atoms with Gasteiger partial charge < -0.3 is 30.0 Å². The Morgan fingerprint density at radius 1 is 1.16 bits per heavy atom. The number of aliphatic hydroxyl groups excluding tert-OH is 1. The summed E-state index contributed by atoms with van der Waals surface area (Å²) in [6, 6.07) is 7.43. The van der Waals surface area contributed by atoms with Crippen LogP contribution in [0.25, 0.3) is 0 Å². The second-order valence-corrected chi connectivity index (χ2v) is 9.70. The summed E-state index contributed by atoms with van der Waals surface area (Å²) in [4.78, 5) is 24.8. The van der Waals surface area contributed by atoms with Crippen LogP contribution in [-0.4, -0.2) is 53.6 Å². The number of fused-ring (bicyclic) bond motifs is 3. The highest BCUT2D eigenvalue weighted by Gasteiger charge is 2.55. The van der Waals surface area contributed by atoms with Crippen LogP contribution in [0.1, 0.15) is 58.4 Å². The number of ether oxygens (including phenoxy) is 3. The minimum atomic E-state index is -0.755. The Bertz CT molecular complexity index is 796. The van der Waals surface area contributed by atoms with Crippen LogP contribution in [0, 0.1) is 0 Å². The third-order valence-electron chi connectivity index (χ3n) is 6.06. The van der Waals surface area contributed by atoms with Crippen LogP contribution < -0.4 is 15.4 Å². The number of carbonyl (C=O) groups is 2. The van der Waals surface area contributed by atoms with E-state index in [2.05, 4.69) is 10.6 Å². The SMILES string of the molecule is COCc1cccc(OCC(=O)NC23CCC(NC(=O)OC(C)(C)C)(CC2)[C@H](O)C3)c1. The zero-order valence-corrected chi connectivity index (χ0v) is 18.8. The number of rotatable bonds is 7. The summed E-state index contributed by atoms with van der Waals surface area (Å²) in [6.45, 7) is 5.79. The van der Waals surface area contributed by atoms with Crippen molar-refractivity contribution in [2.75, 3.05) is 13.7 Å². The zero-order valence-electron chi connectivity index (χ0n) is 18.8. The van der Waals surface area contributed by atoms with Gasteiger partial charge in [0.15, 0.2) is 6.61 Å². The van der Waals surface area contributed by atoms with Gasteiger partial charge >= 0.3 is 6.09 Å². The van der Waals surface area contributed by atoms with Crippen LogP contribution >= 0.6 is 0 Å². The van der Waals surface area contributed by atoms with E-state index in [1.165, 1.54) is 0 Å². The van der Waals surface area contributed by atoms with E-state index in [9.17, 15) is 14.7 Å². The van der Waals surface area contributed by atoms with Crippen LogP contribution in [0.5, 0.6) is 5.75 Å². The molecule has 0 aromatic heterocycles. The quantitative estimate of drug-likeness (QED) is 0.609. The number of nitrogens with one attached hydrogen (secondary N) is 2. The zero-order chi connectivity index (χ0) is 22.7.